The molecule has 2 saturated carbocycles. The lowest BCUT2D eigenvalue weighted by Crippen LogP contribution is -2.52. The summed E-state index contributed by atoms with van der Waals surface area (Å²) in [5.74, 6) is -0.120. The molecule has 1 amide bonds. The maximum Gasteiger partial charge on any atom is 0.245 e. The Hall–Kier alpha value is -1.44. The fourth-order valence-corrected chi connectivity index (χ4v) is 5.66. The Balaban J connectivity index is 1.47. The lowest BCUT2D eigenvalue weighted by molar-refractivity contribution is -0.123. The van der Waals surface area contributed by atoms with Crippen LogP contribution in [0.25, 0.3) is 0 Å². The first kappa shape index (κ1) is 21.8. The van der Waals surface area contributed by atoms with Crippen LogP contribution in [-0.2, 0) is 20.2 Å². The van der Waals surface area contributed by atoms with Gasteiger partial charge in [0.25, 0.3) is 0 Å². The number of carbonyl (C=O) groups excluding carboxylic acids is 1. The molecule has 0 aromatic heterocycles. The van der Waals surface area contributed by atoms with Crippen molar-refractivity contribution < 1.29 is 13.2 Å². The number of sulfonamides is 1. The molecule has 6 nitrogen and oxygen atoms in total. The van der Waals surface area contributed by atoms with Gasteiger partial charge in [0.1, 0.15) is 6.04 Å². The number of benzene rings is 1. The molecule has 1 heterocycles. The van der Waals surface area contributed by atoms with E-state index in [-0.39, 0.29) is 11.3 Å². The molecule has 1 atom stereocenters. The molecule has 1 unspecified atom stereocenters. The smallest absolute Gasteiger partial charge is 0.245 e. The Morgan fingerprint density at radius 1 is 1.10 bits per heavy atom. The van der Waals surface area contributed by atoms with E-state index in [1.54, 1.807) is 4.90 Å². The molecular weight excluding hydrogens is 398 g/mol. The van der Waals surface area contributed by atoms with Crippen molar-refractivity contribution >= 4 is 21.6 Å². The normalized spacial score (nSPS) is 24.4. The van der Waals surface area contributed by atoms with Crippen molar-refractivity contribution in [2.45, 2.75) is 69.4 Å². The van der Waals surface area contributed by atoms with E-state index < -0.39 is 16.1 Å². The van der Waals surface area contributed by atoms with Gasteiger partial charge in [0, 0.05) is 37.3 Å². The van der Waals surface area contributed by atoms with Gasteiger partial charge in [-0.1, -0.05) is 25.5 Å². The molecular formula is C23H35N3O3S. The minimum atomic E-state index is -3.40. The molecule has 2 aliphatic carbocycles. The minimum absolute atomic E-state index is 0.120. The Morgan fingerprint density at radius 2 is 1.77 bits per heavy atom. The topological polar surface area (TPSA) is 60.9 Å². The zero-order chi connectivity index (χ0) is 21.5. The van der Waals surface area contributed by atoms with Crippen molar-refractivity contribution in [3.8, 4) is 0 Å². The van der Waals surface area contributed by atoms with Crippen LogP contribution in [0.5, 0.6) is 0 Å². The van der Waals surface area contributed by atoms with Gasteiger partial charge < -0.3 is 4.90 Å². The van der Waals surface area contributed by atoms with E-state index in [1.807, 2.05) is 0 Å². The van der Waals surface area contributed by atoms with Gasteiger partial charge in [-0.25, -0.2) is 8.42 Å². The zero-order valence-corrected chi connectivity index (χ0v) is 19.3. The average Bonchev–Trinajstić information content (AvgIpc) is 3.46. The van der Waals surface area contributed by atoms with E-state index in [0.29, 0.717) is 13.0 Å². The minimum Gasteiger partial charge on any atom is -0.311 e. The second-order valence-corrected chi connectivity index (χ2v) is 11.4. The van der Waals surface area contributed by atoms with Gasteiger partial charge in [-0.3, -0.25) is 9.69 Å². The Labute approximate surface area is 181 Å². The van der Waals surface area contributed by atoms with E-state index in [0.717, 1.165) is 37.5 Å². The fraction of sp³-hybridized carbons (Fsp3) is 0.696. The van der Waals surface area contributed by atoms with Crippen LogP contribution in [0.15, 0.2) is 24.3 Å². The van der Waals surface area contributed by atoms with Crippen LogP contribution < -0.4 is 4.90 Å². The van der Waals surface area contributed by atoms with E-state index in [2.05, 4.69) is 36.1 Å². The highest BCUT2D eigenvalue weighted by Gasteiger charge is 2.46. The molecule has 1 aromatic rings. The number of anilines is 1. The van der Waals surface area contributed by atoms with Gasteiger partial charge in [-0.15, -0.1) is 0 Å². The molecule has 30 heavy (non-hydrogen) atoms. The Bertz CT molecular complexity index is 875. The van der Waals surface area contributed by atoms with E-state index >= 15 is 0 Å². The molecule has 0 radical (unpaired) electrons. The van der Waals surface area contributed by atoms with Crippen molar-refractivity contribution in [2.24, 2.45) is 0 Å². The quantitative estimate of drug-likeness (QED) is 0.632. The summed E-state index contributed by atoms with van der Waals surface area (Å²) in [6.07, 6.45) is 9.04. The standard InChI is InChI=1S/C23H35N3O3S/c1-4-25(19-7-5-8-19)17-23(14-15-23)18-10-12-20(13-11-18)26-16-6-9-21(22(26)27)24(2)30(3,28)29/h10-13,19,21H,4-9,14-17H2,1-3H3. The highest BCUT2D eigenvalue weighted by Crippen LogP contribution is 2.50. The first-order chi connectivity index (χ1) is 14.2. The van der Waals surface area contributed by atoms with Crippen LogP contribution >= 0.6 is 0 Å². The predicted molar refractivity (Wildman–Crippen MR) is 120 cm³/mol. The maximum atomic E-state index is 13.0. The Kier molecular flexibility index (Phi) is 5.99. The molecule has 3 aliphatic rings. The largest absolute Gasteiger partial charge is 0.311 e. The SMILES string of the molecule is CCN(CC1(c2ccc(N3CCCC(N(C)S(C)(=O)=O)C3=O)cc2)CC1)C1CCC1. The summed E-state index contributed by atoms with van der Waals surface area (Å²) in [6, 6.07) is 8.64. The molecule has 166 valence electrons. The summed E-state index contributed by atoms with van der Waals surface area (Å²) < 4.78 is 25.1. The number of amides is 1. The van der Waals surface area contributed by atoms with Gasteiger partial charge in [0.05, 0.1) is 6.26 Å². The molecule has 0 bridgehead atoms. The lowest BCUT2D eigenvalue weighted by Gasteiger charge is -2.39. The van der Waals surface area contributed by atoms with Crippen molar-refractivity contribution in [3.63, 3.8) is 0 Å². The van der Waals surface area contributed by atoms with Gasteiger partial charge in [0.15, 0.2) is 0 Å². The van der Waals surface area contributed by atoms with Crippen LogP contribution in [0.2, 0.25) is 0 Å². The van der Waals surface area contributed by atoms with Crippen LogP contribution in [0.3, 0.4) is 0 Å². The van der Waals surface area contributed by atoms with Crippen molar-refractivity contribution in [1.82, 2.24) is 9.21 Å². The number of nitrogens with zero attached hydrogens (tertiary/aromatic N) is 3. The summed E-state index contributed by atoms with van der Waals surface area (Å²) >= 11 is 0. The number of hydrogen-bond donors (Lipinski definition) is 0. The van der Waals surface area contributed by atoms with Gasteiger partial charge in [-0.2, -0.15) is 4.31 Å². The van der Waals surface area contributed by atoms with Crippen molar-refractivity contribution in [2.75, 3.05) is 37.8 Å². The third-order valence-electron chi connectivity index (χ3n) is 7.52. The highest BCUT2D eigenvalue weighted by molar-refractivity contribution is 7.88. The first-order valence-corrected chi connectivity index (χ1v) is 13.2. The number of hydrogen-bond acceptors (Lipinski definition) is 4. The molecule has 1 aromatic carbocycles. The summed E-state index contributed by atoms with van der Waals surface area (Å²) in [4.78, 5) is 17.4. The number of carbonyl (C=O) groups is 1. The van der Waals surface area contributed by atoms with E-state index in [1.165, 1.54) is 49.0 Å². The summed E-state index contributed by atoms with van der Waals surface area (Å²) in [5.41, 5.74) is 2.52. The zero-order valence-electron chi connectivity index (χ0n) is 18.5. The second kappa shape index (κ2) is 8.24. The maximum absolute atomic E-state index is 13.0. The number of piperidine rings is 1. The van der Waals surface area contributed by atoms with Crippen LogP contribution in [0, 0.1) is 0 Å². The summed E-state index contributed by atoms with van der Waals surface area (Å²) in [7, 11) is -1.89. The number of rotatable bonds is 8. The average molecular weight is 434 g/mol. The van der Waals surface area contributed by atoms with Crippen molar-refractivity contribution in [3.05, 3.63) is 29.8 Å². The summed E-state index contributed by atoms with van der Waals surface area (Å²) in [6.45, 7) is 5.16. The van der Waals surface area contributed by atoms with Gasteiger partial charge in [0.2, 0.25) is 15.9 Å². The van der Waals surface area contributed by atoms with Crippen LogP contribution in [0.4, 0.5) is 5.69 Å². The predicted octanol–water partition coefficient (Wildman–Crippen LogP) is 2.98. The number of likely N-dealkylation sites (N-methyl/N-ethyl adjacent to an activating group) is 2. The third-order valence-corrected chi connectivity index (χ3v) is 8.82. The fourth-order valence-electron chi connectivity index (χ4n) is 5.00. The van der Waals surface area contributed by atoms with Crippen LogP contribution in [0.1, 0.15) is 57.4 Å². The molecule has 0 N–H and O–H groups in total. The van der Waals surface area contributed by atoms with E-state index in [9.17, 15) is 13.2 Å². The van der Waals surface area contributed by atoms with Gasteiger partial charge >= 0.3 is 0 Å². The summed E-state index contributed by atoms with van der Waals surface area (Å²) in [5, 5.41) is 0. The monoisotopic (exact) mass is 433 g/mol. The first-order valence-electron chi connectivity index (χ1n) is 11.3. The lowest BCUT2D eigenvalue weighted by atomic mass is 9.88. The molecule has 1 aliphatic heterocycles. The third kappa shape index (κ3) is 4.16. The molecule has 1 saturated heterocycles. The Morgan fingerprint density at radius 3 is 2.27 bits per heavy atom. The highest BCUT2D eigenvalue weighted by atomic mass is 32.2. The molecule has 3 fully saturated rings. The van der Waals surface area contributed by atoms with Crippen molar-refractivity contribution in [1.29, 1.82) is 0 Å². The molecule has 4 rings (SSSR count). The van der Waals surface area contributed by atoms with Gasteiger partial charge in [-0.05, 0) is 62.8 Å². The molecule has 0 spiro atoms. The second-order valence-electron chi connectivity index (χ2n) is 9.40. The van der Waals surface area contributed by atoms with Crippen LogP contribution in [-0.4, -0.2) is 68.6 Å². The molecule has 7 heteroatoms. The van der Waals surface area contributed by atoms with E-state index in [4.69, 9.17) is 0 Å².